The van der Waals surface area contributed by atoms with Crippen LogP contribution < -0.4 is 10.0 Å². The Morgan fingerprint density at radius 2 is 1.75 bits per heavy atom. The van der Waals surface area contributed by atoms with Gasteiger partial charge in [-0.15, -0.1) is 0 Å². The Bertz CT molecular complexity index is 1050. The van der Waals surface area contributed by atoms with Crippen molar-refractivity contribution in [1.82, 2.24) is 10.3 Å². The Labute approximate surface area is 164 Å². The fraction of sp³-hybridized carbons (Fsp3) is 0.143. The predicted octanol–water partition coefficient (Wildman–Crippen LogP) is 3.16. The molecule has 1 heterocycles. The van der Waals surface area contributed by atoms with Crippen molar-refractivity contribution >= 4 is 21.6 Å². The second-order valence-electron chi connectivity index (χ2n) is 6.31. The highest BCUT2D eigenvalue weighted by Gasteiger charge is 2.16. The molecule has 7 heteroatoms. The standard InChI is InChI=1S/C21H21N3O3S/c1-16-5-2-3-7-20(16)24-28(26,27)19-10-8-18(9-11-19)21(25)23-14-12-17-6-4-13-22-15-17/h2-11,13,15,24H,12,14H2,1H3,(H,23,25). The third-order valence-electron chi connectivity index (χ3n) is 4.24. The summed E-state index contributed by atoms with van der Waals surface area (Å²) in [5.41, 5.74) is 2.79. The van der Waals surface area contributed by atoms with Gasteiger partial charge in [-0.25, -0.2) is 8.42 Å². The molecule has 1 aromatic heterocycles. The number of amides is 1. The maximum absolute atomic E-state index is 12.5. The molecule has 2 aromatic carbocycles. The molecule has 6 nitrogen and oxygen atoms in total. The number of pyridine rings is 1. The van der Waals surface area contributed by atoms with Crippen LogP contribution in [0.3, 0.4) is 0 Å². The van der Waals surface area contributed by atoms with E-state index in [4.69, 9.17) is 0 Å². The molecule has 0 spiro atoms. The maximum atomic E-state index is 12.5. The first-order valence-electron chi connectivity index (χ1n) is 8.81. The Hall–Kier alpha value is -3.19. The summed E-state index contributed by atoms with van der Waals surface area (Å²) < 4.78 is 27.7. The molecular formula is C21H21N3O3S. The number of rotatable bonds is 7. The molecule has 0 atom stereocenters. The molecule has 1 amide bonds. The first-order valence-corrected chi connectivity index (χ1v) is 10.3. The molecule has 0 saturated heterocycles. The van der Waals surface area contributed by atoms with Gasteiger partial charge >= 0.3 is 0 Å². The number of aryl methyl sites for hydroxylation is 1. The maximum Gasteiger partial charge on any atom is 0.261 e. The Morgan fingerprint density at radius 3 is 2.43 bits per heavy atom. The zero-order valence-electron chi connectivity index (χ0n) is 15.4. The minimum Gasteiger partial charge on any atom is -0.352 e. The van der Waals surface area contributed by atoms with Crippen molar-refractivity contribution in [2.75, 3.05) is 11.3 Å². The minimum absolute atomic E-state index is 0.0997. The van der Waals surface area contributed by atoms with Crippen molar-refractivity contribution in [3.63, 3.8) is 0 Å². The molecule has 2 N–H and O–H groups in total. The van der Waals surface area contributed by atoms with Crippen LogP contribution >= 0.6 is 0 Å². The minimum atomic E-state index is -3.72. The van der Waals surface area contributed by atoms with Gasteiger partial charge in [0.05, 0.1) is 10.6 Å². The normalized spacial score (nSPS) is 11.0. The van der Waals surface area contributed by atoms with Crippen molar-refractivity contribution < 1.29 is 13.2 Å². The van der Waals surface area contributed by atoms with Crippen LogP contribution in [0.4, 0.5) is 5.69 Å². The fourth-order valence-corrected chi connectivity index (χ4v) is 3.78. The molecule has 0 radical (unpaired) electrons. The van der Waals surface area contributed by atoms with Crippen molar-refractivity contribution in [2.45, 2.75) is 18.2 Å². The van der Waals surface area contributed by atoms with Crippen molar-refractivity contribution in [3.05, 3.63) is 89.7 Å². The van der Waals surface area contributed by atoms with Crippen molar-refractivity contribution in [2.24, 2.45) is 0 Å². The predicted molar refractivity (Wildman–Crippen MR) is 109 cm³/mol. The number of aromatic nitrogens is 1. The molecule has 0 bridgehead atoms. The van der Waals surface area contributed by atoms with E-state index < -0.39 is 10.0 Å². The third kappa shape index (κ3) is 4.95. The Morgan fingerprint density at radius 1 is 1.00 bits per heavy atom. The molecule has 0 fully saturated rings. The second-order valence-corrected chi connectivity index (χ2v) is 7.99. The van der Waals surface area contributed by atoms with Crippen LogP contribution in [0.25, 0.3) is 0 Å². The number of hydrogen-bond acceptors (Lipinski definition) is 4. The summed E-state index contributed by atoms with van der Waals surface area (Å²) in [6.07, 6.45) is 4.13. The highest BCUT2D eigenvalue weighted by molar-refractivity contribution is 7.92. The van der Waals surface area contributed by atoms with Crippen LogP contribution in [0, 0.1) is 6.92 Å². The third-order valence-corrected chi connectivity index (χ3v) is 5.62. The van der Waals surface area contributed by atoms with Gasteiger partial charge in [-0.2, -0.15) is 0 Å². The number of benzene rings is 2. The van der Waals surface area contributed by atoms with Gasteiger partial charge in [-0.1, -0.05) is 24.3 Å². The largest absolute Gasteiger partial charge is 0.352 e. The molecule has 0 aliphatic rings. The molecule has 0 aliphatic carbocycles. The molecule has 144 valence electrons. The number of anilines is 1. The lowest BCUT2D eigenvalue weighted by Gasteiger charge is -2.11. The Balaban J connectivity index is 1.62. The van der Waals surface area contributed by atoms with Crippen LogP contribution in [0.1, 0.15) is 21.5 Å². The first kappa shape index (κ1) is 19.6. The molecule has 28 heavy (non-hydrogen) atoms. The summed E-state index contributed by atoms with van der Waals surface area (Å²) in [5.74, 6) is -0.250. The smallest absolute Gasteiger partial charge is 0.261 e. The number of sulfonamides is 1. The van der Waals surface area contributed by atoms with Crippen LogP contribution in [0.2, 0.25) is 0 Å². The average molecular weight is 395 g/mol. The van der Waals surface area contributed by atoms with Gasteiger partial charge in [-0.05, 0) is 60.9 Å². The van der Waals surface area contributed by atoms with Crippen LogP contribution in [0.5, 0.6) is 0 Å². The summed E-state index contributed by atoms with van der Waals surface area (Å²) in [6.45, 7) is 2.30. The quantitative estimate of drug-likeness (QED) is 0.643. The lowest BCUT2D eigenvalue weighted by molar-refractivity contribution is 0.0954. The van der Waals surface area contributed by atoms with E-state index in [1.807, 2.05) is 31.2 Å². The number of carbonyl (C=O) groups is 1. The van der Waals surface area contributed by atoms with Crippen LogP contribution in [0.15, 0.2) is 78.0 Å². The van der Waals surface area contributed by atoms with E-state index in [-0.39, 0.29) is 10.8 Å². The summed E-state index contributed by atoms with van der Waals surface area (Å²) in [5, 5.41) is 2.82. The molecule has 0 saturated carbocycles. The monoisotopic (exact) mass is 395 g/mol. The highest BCUT2D eigenvalue weighted by atomic mass is 32.2. The summed E-state index contributed by atoms with van der Waals surface area (Å²) in [7, 11) is -3.72. The van der Waals surface area contributed by atoms with E-state index in [1.54, 1.807) is 24.5 Å². The zero-order valence-corrected chi connectivity index (χ0v) is 16.2. The molecule has 3 rings (SSSR count). The van der Waals surface area contributed by atoms with E-state index in [1.165, 1.54) is 24.3 Å². The second kappa shape index (κ2) is 8.67. The van der Waals surface area contributed by atoms with E-state index in [0.29, 0.717) is 24.2 Å². The van der Waals surface area contributed by atoms with Gasteiger partial charge < -0.3 is 5.32 Å². The molecule has 0 unspecified atom stereocenters. The summed E-state index contributed by atoms with van der Waals surface area (Å²) in [4.78, 5) is 16.4. The van der Waals surface area contributed by atoms with Crippen LogP contribution in [-0.4, -0.2) is 25.9 Å². The van der Waals surface area contributed by atoms with Gasteiger partial charge in [0.2, 0.25) is 0 Å². The molecular weight excluding hydrogens is 374 g/mol. The van der Waals surface area contributed by atoms with Gasteiger partial charge in [0.1, 0.15) is 0 Å². The molecule has 0 aliphatic heterocycles. The van der Waals surface area contributed by atoms with E-state index >= 15 is 0 Å². The number of hydrogen-bond donors (Lipinski definition) is 2. The number of carbonyl (C=O) groups excluding carboxylic acids is 1. The lowest BCUT2D eigenvalue weighted by Crippen LogP contribution is -2.25. The lowest BCUT2D eigenvalue weighted by atomic mass is 10.2. The zero-order chi connectivity index (χ0) is 20.0. The summed E-state index contributed by atoms with van der Waals surface area (Å²) in [6, 6.07) is 16.8. The van der Waals surface area contributed by atoms with Gasteiger partial charge in [-0.3, -0.25) is 14.5 Å². The fourth-order valence-electron chi connectivity index (χ4n) is 2.64. The number of para-hydroxylation sites is 1. The SMILES string of the molecule is Cc1ccccc1NS(=O)(=O)c1ccc(C(=O)NCCc2cccnc2)cc1. The topological polar surface area (TPSA) is 88.2 Å². The highest BCUT2D eigenvalue weighted by Crippen LogP contribution is 2.19. The first-order chi connectivity index (χ1) is 13.5. The number of nitrogens with one attached hydrogen (secondary N) is 2. The van der Waals surface area contributed by atoms with Crippen LogP contribution in [-0.2, 0) is 16.4 Å². The summed E-state index contributed by atoms with van der Waals surface area (Å²) >= 11 is 0. The van der Waals surface area contributed by atoms with E-state index in [0.717, 1.165) is 11.1 Å². The Kier molecular flexibility index (Phi) is 6.06. The van der Waals surface area contributed by atoms with Crippen molar-refractivity contribution in [3.8, 4) is 0 Å². The molecule has 3 aromatic rings. The van der Waals surface area contributed by atoms with Crippen molar-refractivity contribution in [1.29, 1.82) is 0 Å². The van der Waals surface area contributed by atoms with E-state index in [2.05, 4.69) is 15.0 Å². The van der Waals surface area contributed by atoms with Gasteiger partial charge in [0, 0.05) is 24.5 Å². The van der Waals surface area contributed by atoms with E-state index in [9.17, 15) is 13.2 Å². The average Bonchev–Trinajstić information content (AvgIpc) is 2.70. The van der Waals surface area contributed by atoms with Gasteiger partial charge in [0.25, 0.3) is 15.9 Å². The van der Waals surface area contributed by atoms with Gasteiger partial charge in [0.15, 0.2) is 0 Å². The number of nitrogens with zero attached hydrogens (tertiary/aromatic N) is 1.